The van der Waals surface area contributed by atoms with E-state index in [1.165, 1.54) is 7.11 Å². The van der Waals surface area contributed by atoms with Crippen LogP contribution in [0.1, 0.15) is 33.1 Å². The number of alkyl halides is 7. The third-order valence-electron chi connectivity index (χ3n) is 3.04. The summed E-state index contributed by atoms with van der Waals surface area (Å²) in [5.41, 5.74) is 0. The minimum absolute atomic E-state index is 0.0194. The number of methoxy groups -OCH3 is 1. The summed E-state index contributed by atoms with van der Waals surface area (Å²) in [6.07, 6.45) is -8.41. The van der Waals surface area contributed by atoms with Crippen molar-refractivity contribution in [3.63, 3.8) is 0 Å². The predicted octanol–water partition coefficient (Wildman–Crippen LogP) is 4.92. The Labute approximate surface area is 134 Å². The van der Waals surface area contributed by atoms with Gasteiger partial charge < -0.3 is 4.74 Å². The smallest absolute Gasteiger partial charge is 0.459 e. The van der Waals surface area contributed by atoms with Crippen LogP contribution in [0.4, 0.5) is 30.7 Å². The minimum atomic E-state index is -6.29. The molecule has 2 nitrogen and oxygen atoms in total. The van der Waals surface area contributed by atoms with Gasteiger partial charge in [-0.15, -0.1) is 11.8 Å². The largest absolute Gasteiger partial charge is 0.468 e. The molecule has 0 saturated carbocycles. The lowest BCUT2D eigenvalue weighted by atomic mass is 10.0. The summed E-state index contributed by atoms with van der Waals surface area (Å²) in [6.45, 7) is 3.49. The van der Waals surface area contributed by atoms with E-state index in [2.05, 4.69) is 4.74 Å². The van der Waals surface area contributed by atoms with Crippen LogP contribution in [-0.4, -0.2) is 42.1 Å². The lowest BCUT2D eigenvalue weighted by molar-refractivity contribution is -0.355. The first kappa shape index (κ1) is 22.3. The molecular weight excluding hydrogens is 353 g/mol. The molecule has 0 aromatic heterocycles. The van der Waals surface area contributed by atoms with E-state index in [0.29, 0.717) is 0 Å². The molecular formula is C13H19F7O2S. The fraction of sp³-hybridized carbons (Fsp3) is 0.923. The van der Waals surface area contributed by atoms with Crippen molar-refractivity contribution in [1.82, 2.24) is 0 Å². The van der Waals surface area contributed by atoms with Gasteiger partial charge in [0.05, 0.1) is 7.11 Å². The molecule has 0 N–H and O–H groups in total. The lowest BCUT2D eigenvalue weighted by Gasteiger charge is -2.28. The van der Waals surface area contributed by atoms with Gasteiger partial charge in [0.2, 0.25) is 0 Å². The van der Waals surface area contributed by atoms with Gasteiger partial charge in [-0.05, 0) is 24.5 Å². The molecule has 0 aliphatic rings. The van der Waals surface area contributed by atoms with Crippen LogP contribution in [0.3, 0.4) is 0 Å². The van der Waals surface area contributed by atoms with E-state index in [4.69, 9.17) is 0 Å². The number of carbonyl (C=O) groups excluding carboxylic acids is 1. The second-order valence-corrected chi connectivity index (χ2v) is 6.54. The molecule has 0 radical (unpaired) electrons. The van der Waals surface area contributed by atoms with Gasteiger partial charge in [0.1, 0.15) is 5.25 Å². The number of rotatable bonds is 9. The van der Waals surface area contributed by atoms with Crippen LogP contribution in [0.5, 0.6) is 0 Å². The summed E-state index contributed by atoms with van der Waals surface area (Å²) in [5.74, 6) is -11.6. The Bertz CT molecular complexity index is 383. The molecule has 138 valence electrons. The molecule has 0 amide bonds. The van der Waals surface area contributed by atoms with Gasteiger partial charge in [-0.2, -0.15) is 30.7 Å². The third-order valence-corrected chi connectivity index (χ3v) is 4.66. The number of thioether (sulfide) groups is 1. The van der Waals surface area contributed by atoms with Crippen LogP contribution in [0, 0.1) is 5.92 Å². The zero-order chi connectivity index (χ0) is 18.5. The Hall–Kier alpha value is -0.670. The van der Waals surface area contributed by atoms with Crippen molar-refractivity contribution in [2.75, 3.05) is 12.9 Å². The second kappa shape index (κ2) is 8.43. The first-order valence-electron chi connectivity index (χ1n) is 6.79. The molecule has 1 unspecified atom stereocenters. The Morgan fingerprint density at radius 2 is 1.57 bits per heavy atom. The molecule has 0 bridgehead atoms. The van der Waals surface area contributed by atoms with E-state index < -0.39 is 42.1 Å². The van der Waals surface area contributed by atoms with Gasteiger partial charge in [0.25, 0.3) is 0 Å². The fourth-order valence-electron chi connectivity index (χ4n) is 1.67. The van der Waals surface area contributed by atoms with Gasteiger partial charge in [0.15, 0.2) is 0 Å². The van der Waals surface area contributed by atoms with Crippen LogP contribution in [0.2, 0.25) is 0 Å². The van der Waals surface area contributed by atoms with E-state index in [1.807, 2.05) is 0 Å². The highest BCUT2D eigenvalue weighted by molar-refractivity contribution is 8.00. The quantitative estimate of drug-likeness (QED) is 0.326. The fourth-order valence-corrected chi connectivity index (χ4v) is 2.91. The topological polar surface area (TPSA) is 26.3 Å². The highest BCUT2D eigenvalue weighted by Crippen LogP contribution is 2.48. The molecule has 10 heteroatoms. The van der Waals surface area contributed by atoms with Crippen LogP contribution in [-0.2, 0) is 9.53 Å². The van der Waals surface area contributed by atoms with Crippen molar-refractivity contribution in [2.24, 2.45) is 5.92 Å². The number of carbonyl (C=O) groups is 1. The summed E-state index contributed by atoms with van der Waals surface area (Å²) in [6, 6.07) is 0. The number of hydrogen-bond donors (Lipinski definition) is 0. The molecule has 0 aliphatic heterocycles. The molecule has 0 saturated heterocycles. The number of hydrogen-bond acceptors (Lipinski definition) is 3. The summed E-state index contributed by atoms with van der Waals surface area (Å²) in [7, 11) is 1.19. The van der Waals surface area contributed by atoms with E-state index in [9.17, 15) is 35.5 Å². The van der Waals surface area contributed by atoms with Crippen molar-refractivity contribution in [3.8, 4) is 0 Å². The highest BCUT2D eigenvalue weighted by atomic mass is 32.2. The monoisotopic (exact) mass is 372 g/mol. The van der Waals surface area contributed by atoms with Crippen LogP contribution < -0.4 is 0 Å². The van der Waals surface area contributed by atoms with Crippen molar-refractivity contribution in [1.29, 1.82) is 0 Å². The number of unbranched alkanes of at least 4 members (excludes halogenated alkanes) is 1. The average molecular weight is 372 g/mol. The lowest BCUT2D eigenvalue weighted by Crippen LogP contribution is -2.51. The maximum Gasteiger partial charge on any atom is 0.459 e. The maximum atomic E-state index is 13.0. The van der Waals surface area contributed by atoms with Crippen molar-refractivity contribution >= 4 is 17.7 Å². The summed E-state index contributed by atoms with van der Waals surface area (Å²) < 4.78 is 91.8. The Morgan fingerprint density at radius 3 is 1.96 bits per heavy atom. The Morgan fingerprint density at radius 1 is 1.04 bits per heavy atom. The number of ether oxygens (including phenoxy) is 1. The van der Waals surface area contributed by atoms with Crippen LogP contribution in [0.15, 0.2) is 0 Å². The zero-order valence-corrected chi connectivity index (χ0v) is 13.7. The maximum absolute atomic E-state index is 13.0. The first-order valence-corrected chi connectivity index (χ1v) is 7.84. The van der Waals surface area contributed by atoms with Gasteiger partial charge in [-0.3, -0.25) is 4.79 Å². The highest BCUT2D eigenvalue weighted by Gasteiger charge is 2.72. The predicted molar refractivity (Wildman–Crippen MR) is 72.9 cm³/mol. The van der Waals surface area contributed by atoms with Crippen molar-refractivity contribution in [3.05, 3.63) is 0 Å². The normalized spacial score (nSPS) is 14.9. The molecule has 0 aliphatic carbocycles. The van der Waals surface area contributed by atoms with Gasteiger partial charge in [0, 0.05) is 6.42 Å². The molecule has 0 aromatic rings. The van der Waals surface area contributed by atoms with Crippen LogP contribution >= 0.6 is 11.8 Å². The molecule has 0 spiro atoms. The Kier molecular flexibility index (Phi) is 8.19. The SMILES string of the molecule is COC(=O)C(SCCCCC(F)(F)C(F)(F)C(F)(F)F)C(C)C. The van der Waals surface area contributed by atoms with Crippen molar-refractivity contribution in [2.45, 2.75) is 56.4 Å². The van der Waals surface area contributed by atoms with Gasteiger partial charge in [-0.1, -0.05) is 13.8 Å². The van der Waals surface area contributed by atoms with E-state index >= 15 is 0 Å². The standard InChI is InChI=1S/C13H19F7O2S/c1-8(2)9(10(21)22-3)23-7-5-4-6-11(14,15)12(16,17)13(18,19)20/h8-9H,4-7H2,1-3H3. The first-order chi connectivity index (χ1) is 10.3. The van der Waals surface area contributed by atoms with Crippen molar-refractivity contribution < 1.29 is 40.3 Å². The van der Waals surface area contributed by atoms with E-state index in [1.54, 1.807) is 13.8 Å². The molecule has 0 aromatic carbocycles. The van der Waals surface area contributed by atoms with E-state index in [0.717, 1.165) is 11.8 Å². The third kappa shape index (κ3) is 6.04. The molecule has 0 rings (SSSR count). The van der Waals surface area contributed by atoms with E-state index in [-0.39, 0.29) is 18.1 Å². The second-order valence-electron chi connectivity index (χ2n) is 5.29. The molecule has 0 heterocycles. The van der Waals surface area contributed by atoms with Gasteiger partial charge in [-0.25, -0.2) is 0 Å². The zero-order valence-electron chi connectivity index (χ0n) is 12.9. The summed E-state index contributed by atoms with van der Waals surface area (Å²) in [4.78, 5) is 11.4. The average Bonchev–Trinajstić information content (AvgIpc) is 2.39. The summed E-state index contributed by atoms with van der Waals surface area (Å²) in [5, 5.41) is -0.544. The van der Waals surface area contributed by atoms with Gasteiger partial charge >= 0.3 is 24.0 Å². The summed E-state index contributed by atoms with van der Waals surface area (Å²) >= 11 is 1.10. The number of esters is 1. The minimum Gasteiger partial charge on any atom is -0.468 e. The number of halogens is 7. The molecule has 23 heavy (non-hydrogen) atoms. The Balaban J connectivity index is 4.38. The van der Waals surface area contributed by atoms with Crippen LogP contribution in [0.25, 0.3) is 0 Å². The molecule has 1 atom stereocenters. The molecule has 0 fully saturated rings.